The van der Waals surface area contributed by atoms with E-state index in [1.165, 1.54) is 23.1 Å². The van der Waals surface area contributed by atoms with Crippen molar-refractivity contribution in [1.82, 2.24) is 9.73 Å². The quantitative estimate of drug-likeness (QED) is 0.166. The molecule has 46 heavy (non-hydrogen) atoms. The second-order valence-electron chi connectivity index (χ2n) is 10.6. The van der Waals surface area contributed by atoms with Crippen LogP contribution in [-0.2, 0) is 19.6 Å². The Morgan fingerprint density at radius 2 is 1.39 bits per heavy atom. The third-order valence-electron chi connectivity index (χ3n) is 7.52. The van der Waals surface area contributed by atoms with E-state index < -0.39 is 28.7 Å². The third-order valence-corrected chi connectivity index (χ3v) is 9.86. The third kappa shape index (κ3) is 8.07. The molecular weight excluding hydrogens is 647 g/mol. The Kier molecular flexibility index (Phi) is 11.3. The first-order chi connectivity index (χ1) is 22.3. The Bertz CT molecular complexity index is 1730. The zero-order chi connectivity index (χ0) is 32.5. The van der Waals surface area contributed by atoms with Crippen LogP contribution in [0.5, 0.6) is 0 Å². The predicted octanol–water partition coefficient (Wildman–Crippen LogP) is 7.36. The summed E-state index contributed by atoms with van der Waals surface area (Å²) < 4.78 is 34.4. The average Bonchev–Trinajstić information content (AvgIpc) is 3.06. The number of nitrogens with zero attached hydrogens (tertiary/aromatic N) is 3. The van der Waals surface area contributed by atoms with Crippen molar-refractivity contribution in [3.8, 4) is 11.1 Å². The lowest BCUT2D eigenvalue weighted by atomic mass is 10.0. The topological polar surface area (TPSA) is 99.3 Å². The number of halogens is 2. The maximum atomic E-state index is 13.7. The summed E-state index contributed by atoms with van der Waals surface area (Å²) in [6, 6.07) is 30.5. The van der Waals surface area contributed by atoms with Gasteiger partial charge < -0.3 is 4.74 Å². The number of rotatable bonds is 11. The van der Waals surface area contributed by atoms with Crippen molar-refractivity contribution in [2.75, 3.05) is 36.3 Å². The summed E-state index contributed by atoms with van der Waals surface area (Å²) >= 11 is 12.3. The lowest BCUT2D eigenvalue weighted by Crippen LogP contribution is -2.50. The standard InChI is InChI=1S/C34H34Cl2N4O5S/c35-29-18-12-19-30(36)33(29)46(43,44)37-25-39(27-15-6-2-7-16-27)32(41)21-24-45-34(42)40(38-22-10-3-11-23-38)31-20-9-8-17-28(31)26-13-4-1-5-14-26/h1-2,4-9,12-20,37H,3,10-11,21-25H2. The summed E-state index contributed by atoms with van der Waals surface area (Å²) in [7, 11) is -4.18. The van der Waals surface area contributed by atoms with Crippen molar-refractivity contribution >= 4 is 56.6 Å². The molecule has 4 aromatic carbocycles. The predicted molar refractivity (Wildman–Crippen MR) is 181 cm³/mol. The Balaban J connectivity index is 1.32. The van der Waals surface area contributed by atoms with Crippen LogP contribution in [0.25, 0.3) is 11.1 Å². The van der Waals surface area contributed by atoms with Crippen LogP contribution in [0.4, 0.5) is 16.2 Å². The first kappa shape index (κ1) is 33.4. The number of hydrazine groups is 1. The molecule has 1 saturated heterocycles. The zero-order valence-electron chi connectivity index (χ0n) is 25.0. The van der Waals surface area contributed by atoms with E-state index in [1.807, 2.05) is 59.6 Å². The maximum Gasteiger partial charge on any atom is 0.429 e. The van der Waals surface area contributed by atoms with Gasteiger partial charge in [0.25, 0.3) is 0 Å². The molecule has 1 aliphatic heterocycles. The van der Waals surface area contributed by atoms with Crippen LogP contribution in [0.3, 0.4) is 0 Å². The molecule has 1 aliphatic rings. The van der Waals surface area contributed by atoms with Crippen molar-refractivity contribution in [3.05, 3.63) is 113 Å². The minimum atomic E-state index is -4.18. The molecule has 9 nitrogen and oxygen atoms in total. The summed E-state index contributed by atoms with van der Waals surface area (Å²) in [4.78, 5) is 28.3. The van der Waals surface area contributed by atoms with Gasteiger partial charge in [0.1, 0.15) is 11.5 Å². The monoisotopic (exact) mass is 680 g/mol. The summed E-state index contributed by atoms with van der Waals surface area (Å²) in [5.41, 5.74) is 2.98. The van der Waals surface area contributed by atoms with E-state index >= 15 is 0 Å². The molecular formula is C34H34Cl2N4O5S. The molecule has 0 bridgehead atoms. The number of piperidine rings is 1. The second kappa shape index (κ2) is 15.6. The van der Waals surface area contributed by atoms with Gasteiger partial charge in [0, 0.05) is 24.3 Å². The van der Waals surface area contributed by atoms with E-state index in [1.54, 1.807) is 35.3 Å². The van der Waals surface area contributed by atoms with E-state index in [2.05, 4.69) is 4.72 Å². The average molecular weight is 682 g/mol. The molecule has 0 atom stereocenters. The summed E-state index contributed by atoms with van der Waals surface area (Å²) in [6.45, 7) is 0.760. The first-order valence-corrected chi connectivity index (χ1v) is 17.2. The van der Waals surface area contributed by atoms with E-state index in [0.717, 1.165) is 30.4 Å². The fourth-order valence-corrected chi connectivity index (χ4v) is 7.38. The Labute approximate surface area is 279 Å². The molecule has 4 aromatic rings. The van der Waals surface area contributed by atoms with Gasteiger partial charge in [-0.05, 0) is 48.7 Å². The number of ether oxygens (including phenoxy) is 1. The normalized spacial score (nSPS) is 13.6. The van der Waals surface area contributed by atoms with Gasteiger partial charge in [-0.1, -0.05) is 102 Å². The molecule has 0 radical (unpaired) electrons. The van der Waals surface area contributed by atoms with Crippen LogP contribution in [0.2, 0.25) is 10.0 Å². The molecule has 0 saturated carbocycles. The minimum Gasteiger partial charge on any atom is -0.448 e. The van der Waals surface area contributed by atoms with Crippen LogP contribution in [-0.4, -0.2) is 51.8 Å². The van der Waals surface area contributed by atoms with E-state index in [4.69, 9.17) is 27.9 Å². The largest absolute Gasteiger partial charge is 0.448 e. The highest BCUT2D eigenvalue weighted by Gasteiger charge is 2.29. The van der Waals surface area contributed by atoms with Crippen molar-refractivity contribution in [1.29, 1.82) is 0 Å². The molecule has 1 N–H and O–H groups in total. The molecule has 2 amide bonds. The molecule has 12 heteroatoms. The van der Waals surface area contributed by atoms with Crippen LogP contribution in [0.15, 0.2) is 108 Å². The van der Waals surface area contributed by atoms with Gasteiger partial charge in [-0.15, -0.1) is 0 Å². The number of hydrogen-bond acceptors (Lipinski definition) is 6. The molecule has 0 spiro atoms. The van der Waals surface area contributed by atoms with E-state index in [0.29, 0.717) is 24.5 Å². The van der Waals surface area contributed by atoms with Gasteiger partial charge in [-0.2, -0.15) is 4.72 Å². The van der Waals surface area contributed by atoms with Crippen LogP contribution in [0.1, 0.15) is 25.7 Å². The molecule has 0 unspecified atom stereocenters. The highest BCUT2D eigenvalue weighted by atomic mass is 35.5. The number of carbonyl (C=O) groups excluding carboxylic acids is 2. The summed E-state index contributed by atoms with van der Waals surface area (Å²) in [5.74, 6) is -0.457. The van der Waals surface area contributed by atoms with Crippen molar-refractivity contribution in [2.45, 2.75) is 30.6 Å². The number of hydrogen-bond donors (Lipinski definition) is 1. The first-order valence-electron chi connectivity index (χ1n) is 14.9. The zero-order valence-corrected chi connectivity index (χ0v) is 27.3. The lowest BCUT2D eigenvalue weighted by Gasteiger charge is -2.37. The lowest BCUT2D eigenvalue weighted by molar-refractivity contribution is -0.119. The van der Waals surface area contributed by atoms with Crippen LogP contribution < -0.4 is 14.6 Å². The number of carbonyl (C=O) groups is 2. The number of para-hydroxylation sites is 2. The molecule has 0 aromatic heterocycles. The van der Waals surface area contributed by atoms with Crippen molar-refractivity contribution < 1.29 is 22.7 Å². The number of benzene rings is 4. The van der Waals surface area contributed by atoms with Crippen LogP contribution in [0, 0.1) is 0 Å². The fraction of sp³-hybridized carbons (Fsp3) is 0.235. The smallest absolute Gasteiger partial charge is 0.429 e. The Hall–Kier alpha value is -3.93. The van der Waals surface area contributed by atoms with E-state index in [9.17, 15) is 18.0 Å². The molecule has 1 fully saturated rings. The number of anilines is 2. The Morgan fingerprint density at radius 3 is 2.07 bits per heavy atom. The van der Waals surface area contributed by atoms with Crippen molar-refractivity contribution in [2.24, 2.45) is 0 Å². The molecule has 240 valence electrons. The minimum absolute atomic E-state index is 0.0448. The maximum absolute atomic E-state index is 13.7. The molecule has 5 rings (SSSR count). The van der Waals surface area contributed by atoms with Gasteiger partial charge in [-0.25, -0.2) is 23.2 Å². The number of amides is 2. The SMILES string of the molecule is O=C(CCOC(=O)N(c1ccccc1-c1ccccc1)N1CCCCC1)N(CNS(=O)(=O)c1c(Cl)cccc1Cl)c1ccccc1. The molecule has 0 aliphatic carbocycles. The van der Waals surface area contributed by atoms with Gasteiger partial charge in [0.15, 0.2) is 0 Å². The molecule has 1 heterocycles. The van der Waals surface area contributed by atoms with Crippen molar-refractivity contribution in [3.63, 3.8) is 0 Å². The van der Waals surface area contributed by atoms with Gasteiger partial charge in [0.05, 0.1) is 28.8 Å². The van der Waals surface area contributed by atoms with Gasteiger partial charge in [-0.3, -0.25) is 9.69 Å². The van der Waals surface area contributed by atoms with Gasteiger partial charge in [0.2, 0.25) is 15.9 Å². The summed E-state index contributed by atoms with van der Waals surface area (Å²) in [5, 5.41) is 3.47. The van der Waals surface area contributed by atoms with E-state index in [-0.39, 0.29) is 28.0 Å². The number of nitrogens with one attached hydrogen (secondary N) is 1. The number of sulfonamides is 1. The van der Waals surface area contributed by atoms with Crippen LogP contribution >= 0.6 is 23.2 Å². The van der Waals surface area contributed by atoms with Gasteiger partial charge >= 0.3 is 6.09 Å². The highest BCUT2D eigenvalue weighted by Crippen LogP contribution is 2.33. The highest BCUT2D eigenvalue weighted by molar-refractivity contribution is 7.89. The fourth-order valence-electron chi connectivity index (χ4n) is 5.28. The second-order valence-corrected chi connectivity index (χ2v) is 13.1. The summed E-state index contributed by atoms with van der Waals surface area (Å²) in [6.07, 6.45) is 2.17. The Morgan fingerprint density at radius 1 is 0.783 bits per heavy atom.